The van der Waals surface area contributed by atoms with Gasteiger partial charge in [0.2, 0.25) is 0 Å². The summed E-state index contributed by atoms with van der Waals surface area (Å²) in [6.45, 7) is 0. The van der Waals surface area contributed by atoms with Crippen LogP contribution in [0, 0.1) is 0 Å². The van der Waals surface area contributed by atoms with Crippen LogP contribution in [0.3, 0.4) is 0 Å². The first-order valence-corrected chi connectivity index (χ1v) is 5.31. The van der Waals surface area contributed by atoms with Crippen LogP contribution < -0.4 is 0 Å². The third-order valence-electron chi connectivity index (χ3n) is 2.31. The Kier molecular flexibility index (Phi) is 2.78. The summed E-state index contributed by atoms with van der Waals surface area (Å²) in [6, 6.07) is 5.38. The summed E-state index contributed by atoms with van der Waals surface area (Å²) >= 11 is 3.32. The number of fused-ring (bicyclic) bond motifs is 1. The van der Waals surface area contributed by atoms with Gasteiger partial charge in [0.25, 0.3) is 0 Å². The third-order valence-corrected chi connectivity index (χ3v) is 2.80. The molecule has 16 heavy (non-hydrogen) atoms. The SMILES string of the molecule is COC(=O)c1[nH]c2cc(Br)ccc2c1C=O. The normalized spacial score (nSPS) is 10.4. The van der Waals surface area contributed by atoms with Crippen molar-refractivity contribution in [2.45, 2.75) is 0 Å². The number of carbonyl (C=O) groups excluding carboxylic acids is 2. The summed E-state index contributed by atoms with van der Waals surface area (Å²) in [5, 5.41) is 0.707. The van der Waals surface area contributed by atoms with Gasteiger partial charge in [0.1, 0.15) is 5.69 Å². The topological polar surface area (TPSA) is 59.2 Å². The first-order valence-electron chi connectivity index (χ1n) is 4.52. The van der Waals surface area contributed by atoms with Crippen molar-refractivity contribution in [2.75, 3.05) is 7.11 Å². The molecule has 0 saturated heterocycles. The van der Waals surface area contributed by atoms with Gasteiger partial charge in [0, 0.05) is 15.4 Å². The number of hydrogen-bond donors (Lipinski definition) is 1. The van der Waals surface area contributed by atoms with Crippen molar-refractivity contribution in [3.05, 3.63) is 33.9 Å². The Morgan fingerprint density at radius 3 is 2.88 bits per heavy atom. The highest BCUT2D eigenvalue weighted by molar-refractivity contribution is 9.10. The number of aromatic nitrogens is 1. The Labute approximate surface area is 99.7 Å². The highest BCUT2D eigenvalue weighted by Crippen LogP contribution is 2.24. The van der Waals surface area contributed by atoms with Crippen LogP contribution in [0.15, 0.2) is 22.7 Å². The fourth-order valence-electron chi connectivity index (χ4n) is 1.58. The highest BCUT2D eigenvalue weighted by atomic mass is 79.9. The minimum absolute atomic E-state index is 0.186. The summed E-state index contributed by atoms with van der Waals surface area (Å²) < 4.78 is 5.47. The molecule has 2 aromatic rings. The number of hydrogen-bond acceptors (Lipinski definition) is 3. The maximum Gasteiger partial charge on any atom is 0.355 e. The van der Waals surface area contributed by atoms with Gasteiger partial charge in [-0.25, -0.2) is 4.79 Å². The zero-order valence-electron chi connectivity index (χ0n) is 8.41. The van der Waals surface area contributed by atoms with Crippen molar-refractivity contribution in [1.82, 2.24) is 4.98 Å². The van der Waals surface area contributed by atoms with Gasteiger partial charge in [-0.3, -0.25) is 4.79 Å². The predicted molar refractivity (Wildman–Crippen MR) is 62.7 cm³/mol. The lowest BCUT2D eigenvalue weighted by atomic mass is 10.1. The minimum atomic E-state index is -0.547. The average Bonchev–Trinajstić information content (AvgIpc) is 2.65. The van der Waals surface area contributed by atoms with Crippen LogP contribution in [0.4, 0.5) is 0 Å². The number of halogens is 1. The molecule has 0 radical (unpaired) electrons. The molecule has 0 fully saturated rings. The first kappa shape index (κ1) is 10.9. The van der Waals surface area contributed by atoms with Crippen LogP contribution in [0.25, 0.3) is 10.9 Å². The molecule has 0 aliphatic carbocycles. The largest absolute Gasteiger partial charge is 0.464 e. The molecule has 82 valence electrons. The summed E-state index contributed by atoms with van der Waals surface area (Å²) in [5.74, 6) is -0.547. The fraction of sp³-hybridized carbons (Fsp3) is 0.0909. The number of ether oxygens (including phenoxy) is 1. The maximum atomic E-state index is 11.4. The van der Waals surface area contributed by atoms with E-state index in [0.29, 0.717) is 17.2 Å². The molecule has 0 amide bonds. The van der Waals surface area contributed by atoms with E-state index in [9.17, 15) is 9.59 Å². The third kappa shape index (κ3) is 1.63. The lowest BCUT2D eigenvalue weighted by Gasteiger charge is -1.95. The summed E-state index contributed by atoms with van der Waals surface area (Å²) in [5.41, 5.74) is 1.23. The summed E-state index contributed by atoms with van der Waals surface area (Å²) in [4.78, 5) is 25.3. The summed E-state index contributed by atoms with van der Waals surface area (Å²) in [6.07, 6.45) is 0.652. The van der Waals surface area contributed by atoms with Crippen molar-refractivity contribution in [3.8, 4) is 0 Å². The smallest absolute Gasteiger partial charge is 0.355 e. The number of benzene rings is 1. The lowest BCUT2D eigenvalue weighted by molar-refractivity contribution is 0.0593. The molecular weight excluding hydrogens is 274 g/mol. The Morgan fingerprint density at radius 2 is 2.25 bits per heavy atom. The molecule has 0 bridgehead atoms. The molecule has 0 saturated carbocycles. The molecule has 1 aromatic heterocycles. The van der Waals surface area contributed by atoms with Crippen LogP contribution in [0.5, 0.6) is 0 Å². The summed E-state index contributed by atoms with van der Waals surface area (Å²) in [7, 11) is 1.28. The van der Waals surface area contributed by atoms with Gasteiger partial charge in [-0.1, -0.05) is 22.0 Å². The molecule has 4 nitrogen and oxygen atoms in total. The van der Waals surface area contributed by atoms with Crippen LogP contribution in [0.1, 0.15) is 20.8 Å². The van der Waals surface area contributed by atoms with E-state index in [1.165, 1.54) is 7.11 Å². The second kappa shape index (κ2) is 4.09. The number of aromatic amines is 1. The van der Waals surface area contributed by atoms with E-state index >= 15 is 0 Å². The zero-order chi connectivity index (χ0) is 11.7. The molecule has 0 spiro atoms. The Bertz CT molecular complexity index is 574. The van der Waals surface area contributed by atoms with Crippen LogP contribution in [-0.2, 0) is 4.74 Å². The maximum absolute atomic E-state index is 11.4. The highest BCUT2D eigenvalue weighted by Gasteiger charge is 2.17. The van der Waals surface area contributed by atoms with Crippen molar-refractivity contribution < 1.29 is 14.3 Å². The standard InChI is InChI=1S/C11H8BrNO3/c1-16-11(15)10-8(5-14)7-3-2-6(12)4-9(7)13-10/h2-5,13H,1H3. The van der Waals surface area contributed by atoms with Gasteiger partial charge in [0.05, 0.1) is 12.7 Å². The molecule has 2 rings (SSSR count). The van der Waals surface area contributed by atoms with Crippen LogP contribution in [-0.4, -0.2) is 24.3 Å². The molecule has 0 aliphatic rings. The van der Waals surface area contributed by atoms with E-state index in [2.05, 4.69) is 25.7 Å². The number of methoxy groups -OCH3 is 1. The second-order valence-corrected chi connectivity index (χ2v) is 4.13. The Balaban J connectivity index is 2.75. The van der Waals surface area contributed by atoms with Gasteiger partial charge < -0.3 is 9.72 Å². The number of nitrogens with one attached hydrogen (secondary N) is 1. The minimum Gasteiger partial charge on any atom is -0.464 e. The van der Waals surface area contributed by atoms with Crippen LogP contribution in [0.2, 0.25) is 0 Å². The lowest BCUT2D eigenvalue weighted by Crippen LogP contribution is -2.04. The van der Waals surface area contributed by atoms with Crippen molar-refractivity contribution >= 4 is 39.1 Å². The van der Waals surface area contributed by atoms with Crippen molar-refractivity contribution in [2.24, 2.45) is 0 Å². The van der Waals surface area contributed by atoms with Crippen LogP contribution >= 0.6 is 15.9 Å². The number of carbonyl (C=O) groups is 2. The van der Waals surface area contributed by atoms with Gasteiger partial charge in [-0.2, -0.15) is 0 Å². The van der Waals surface area contributed by atoms with Crippen molar-refractivity contribution in [1.29, 1.82) is 0 Å². The monoisotopic (exact) mass is 281 g/mol. The number of H-pyrrole nitrogens is 1. The van der Waals surface area contributed by atoms with E-state index in [0.717, 1.165) is 9.99 Å². The number of rotatable bonds is 2. The predicted octanol–water partition coefficient (Wildman–Crippen LogP) is 2.53. The quantitative estimate of drug-likeness (QED) is 0.680. The molecular formula is C11H8BrNO3. The van der Waals surface area contributed by atoms with Crippen molar-refractivity contribution in [3.63, 3.8) is 0 Å². The molecule has 5 heteroatoms. The second-order valence-electron chi connectivity index (χ2n) is 3.21. The van der Waals surface area contributed by atoms with E-state index < -0.39 is 5.97 Å². The molecule has 1 N–H and O–H groups in total. The average molecular weight is 282 g/mol. The van der Waals surface area contributed by atoms with E-state index in [1.54, 1.807) is 12.1 Å². The Morgan fingerprint density at radius 1 is 1.50 bits per heavy atom. The van der Waals surface area contributed by atoms with Gasteiger partial charge in [0.15, 0.2) is 6.29 Å². The molecule has 0 atom stereocenters. The van der Waals surface area contributed by atoms with E-state index in [-0.39, 0.29) is 5.69 Å². The zero-order valence-corrected chi connectivity index (χ0v) is 10.00. The molecule has 1 heterocycles. The van der Waals surface area contributed by atoms with E-state index in [4.69, 9.17) is 0 Å². The number of esters is 1. The van der Waals surface area contributed by atoms with E-state index in [1.807, 2.05) is 6.07 Å². The first-order chi connectivity index (χ1) is 7.67. The fourth-order valence-corrected chi connectivity index (χ4v) is 1.94. The Hall–Kier alpha value is -1.62. The number of aldehydes is 1. The van der Waals surface area contributed by atoms with Gasteiger partial charge in [-0.15, -0.1) is 0 Å². The van der Waals surface area contributed by atoms with Gasteiger partial charge in [-0.05, 0) is 12.1 Å². The molecule has 1 aromatic carbocycles. The van der Waals surface area contributed by atoms with Gasteiger partial charge >= 0.3 is 5.97 Å². The molecule has 0 aliphatic heterocycles. The molecule has 0 unspecified atom stereocenters.